The lowest BCUT2D eigenvalue weighted by atomic mass is 10.0. The minimum Gasteiger partial charge on any atom is -0.497 e. The van der Waals surface area contributed by atoms with Crippen molar-refractivity contribution >= 4 is 46.0 Å². The fourth-order valence-electron chi connectivity index (χ4n) is 4.36. The number of rotatable bonds is 8. The van der Waals surface area contributed by atoms with Crippen molar-refractivity contribution in [3.8, 4) is 16.9 Å². The van der Waals surface area contributed by atoms with Crippen LogP contribution in [-0.2, 0) is 0 Å². The summed E-state index contributed by atoms with van der Waals surface area (Å²) in [5.41, 5.74) is 5.32. The number of hydrogen-bond acceptors (Lipinski definition) is 7. The molecule has 2 heterocycles. The Morgan fingerprint density at radius 3 is 2.74 bits per heavy atom. The van der Waals surface area contributed by atoms with Crippen molar-refractivity contribution in [2.24, 2.45) is 0 Å². The number of nitrogens with zero attached hydrogens (tertiary/aromatic N) is 4. The van der Waals surface area contributed by atoms with Crippen LogP contribution in [0.5, 0.6) is 5.75 Å². The number of halogens is 1. The maximum atomic E-state index is 6.46. The zero-order valence-electron chi connectivity index (χ0n) is 19.9. The topological polar surface area (TPSA) is 63.2 Å². The second kappa shape index (κ2) is 10.8. The summed E-state index contributed by atoms with van der Waals surface area (Å²) in [5, 5.41) is 12.8. The van der Waals surface area contributed by atoms with Crippen molar-refractivity contribution in [1.29, 1.82) is 0 Å². The number of ether oxygens (including phenoxy) is 1. The summed E-state index contributed by atoms with van der Waals surface area (Å²) in [6.45, 7) is 5.64. The smallest absolute Gasteiger partial charge is 0.247 e. The van der Waals surface area contributed by atoms with E-state index in [4.69, 9.17) is 21.3 Å². The molecule has 1 fully saturated rings. The van der Waals surface area contributed by atoms with Gasteiger partial charge in [-0.1, -0.05) is 17.7 Å². The highest BCUT2D eigenvalue weighted by Crippen LogP contribution is 2.34. The molecule has 1 N–H and O–H groups in total. The largest absolute Gasteiger partial charge is 0.497 e. The molecule has 0 aliphatic carbocycles. The molecule has 8 heteroatoms. The molecular weight excluding hydrogens is 478 g/mol. The molecule has 0 unspecified atom stereocenters. The first kappa shape index (κ1) is 23.9. The standard InChI is InChI=1S/C27H28ClN5OS/c1-18-14-19(23-17-21(34-2)8-9-24(23)28)15-25-26(18)30-27(32-31-25)29-20-6-5-7-22(16-20)35-13-12-33-10-3-4-11-33/h5-9,14-17H,3-4,10-13H2,1-2H3,(H,29,30,32). The highest BCUT2D eigenvalue weighted by atomic mass is 35.5. The lowest BCUT2D eigenvalue weighted by Gasteiger charge is -2.14. The highest BCUT2D eigenvalue weighted by molar-refractivity contribution is 7.99. The van der Waals surface area contributed by atoms with Gasteiger partial charge in [-0.25, -0.2) is 4.98 Å². The van der Waals surface area contributed by atoms with E-state index >= 15 is 0 Å². The van der Waals surface area contributed by atoms with Crippen molar-refractivity contribution in [2.75, 3.05) is 37.8 Å². The molecule has 0 radical (unpaired) electrons. The molecule has 6 nitrogen and oxygen atoms in total. The third-order valence-corrected chi connectivity index (χ3v) is 7.50. The molecule has 0 atom stereocenters. The molecule has 0 bridgehead atoms. The van der Waals surface area contributed by atoms with E-state index in [9.17, 15) is 0 Å². The van der Waals surface area contributed by atoms with Crippen molar-refractivity contribution in [1.82, 2.24) is 20.1 Å². The van der Waals surface area contributed by atoms with Crippen LogP contribution in [0.15, 0.2) is 59.5 Å². The minimum absolute atomic E-state index is 0.479. The lowest BCUT2D eigenvalue weighted by molar-refractivity contribution is 0.362. The van der Waals surface area contributed by atoms with Crippen LogP contribution in [0.3, 0.4) is 0 Å². The average Bonchev–Trinajstić information content (AvgIpc) is 3.38. The fraction of sp³-hybridized carbons (Fsp3) is 0.296. The molecule has 35 heavy (non-hydrogen) atoms. The molecule has 1 aliphatic rings. The number of anilines is 2. The maximum Gasteiger partial charge on any atom is 0.247 e. The molecule has 0 saturated carbocycles. The number of aromatic nitrogens is 3. The van der Waals surface area contributed by atoms with E-state index in [1.54, 1.807) is 7.11 Å². The Morgan fingerprint density at radius 2 is 1.91 bits per heavy atom. The number of likely N-dealkylation sites (tertiary alicyclic amines) is 1. The number of methoxy groups -OCH3 is 1. The first-order valence-corrected chi connectivity index (χ1v) is 13.2. The minimum atomic E-state index is 0.479. The van der Waals surface area contributed by atoms with Gasteiger partial charge in [0.05, 0.1) is 12.6 Å². The number of benzene rings is 3. The summed E-state index contributed by atoms with van der Waals surface area (Å²) in [6.07, 6.45) is 2.67. The predicted molar refractivity (Wildman–Crippen MR) is 145 cm³/mol. The van der Waals surface area contributed by atoms with Gasteiger partial charge in [-0.05, 0) is 92.5 Å². The molecule has 1 aliphatic heterocycles. The Balaban J connectivity index is 1.33. The zero-order chi connectivity index (χ0) is 24.2. The van der Waals surface area contributed by atoms with E-state index in [-0.39, 0.29) is 0 Å². The van der Waals surface area contributed by atoms with Crippen molar-refractivity contribution < 1.29 is 4.74 Å². The third kappa shape index (κ3) is 5.69. The van der Waals surface area contributed by atoms with Crippen LogP contribution in [0.25, 0.3) is 22.2 Å². The van der Waals surface area contributed by atoms with Crippen LogP contribution in [0, 0.1) is 6.92 Å². The van der Waals surface area contributed by atoms with Gasteiger partial charge in [0.15, 0.2) is 0 Å². The van der Waals surface area contributed by atoms with Gasteiger partial charge in [-0.2, -0.15) is 0 Å². The summed E-state index contributed by atoms with van der Waals surface area (Å²) in [4.78, 5) is 8.53. The molecule has 0 spiro atoms. The molecule has 3 aromatic carbocycles. The summed E-state index contributed by atoms with van der Waals surface area (Å²) >= 11 is 8.35. The maximum absolute atomic E-state index is 6.46. The predicted octanol–water partition coefficient (Wildman–Crippen LogP) is 6.59. The number of aryl methyl sites for hydroxylation is 1. The highest BCUT2D eigenvalue weighted by Gasteiger charge is 2.13. The summed E-state index contributed by atoms with van der Waals surface area (Å²) < 4.78 is 5.36. The van der Waals surface area contributed by atoms with Gasteiger partial charge in [-0.3, -0.25) is 0 Å². The second-order valence-corrected chi connectivity index (χ2v) is 10.3. The Morgan fingerprint density at radius 1 is 1.06 bits per heavy atom. The van der Waals surface area contributed by atoms with E-state index < -0.39 is 0 Å². The van der Waals surface area contributed by atoms with E-state index in [2.05, 4.69) is 44.7 Å². The zero-order valence-corrected chi connectivity index (χ0v) is 21.5. The van der Waals surface area contributed by atoms with Gasteiger partial charge in [0.25, 0.3) is 0 Å². The monoisotopic (exact) mass is 505 g/mol. The van der Waals surface area contributed by atoms with Gasteiger partial charge in [0.1, 0.15) is 11.3 Å². The average molecular weight is 506 g/mol. The van der Waals surface area contributed by atoms with Crippen molar-refractivity contribution in [2.45, 2.75) is 24.7 Å². The fourth-order valence-corrected chi connectivity index (χ4v) is 5.56. The third-order valence-electron chi connectivity index (χ3n) is 6.20. The Labute approximate surface area is 215 Å². The Kier molecular flexibility index (Phi) is 7.37. The molecule has 180 valence electrons. The van der Waals surface area contributed by atoms with Crippen LogP contribution >= 0.6 is 23.4 Å². The van der Waals surface area contributed by atoms with Gasteiger partial charge in [0, 0.05) is 33.5 Å². The number of thioether (sulfide) groups is 1. The van der Waals surface area contributed by atoms with E-state index in [0.29, 0.717) is 11.0 Å². The molecule has 4 aromatic rings. The molecule has 1 saturated heterocycles. The van der Waals surface area contributed by atoms with E-state index in [0.717, 1.165) is 51.5 Å². The van der Waals surface area contributed by atoms with Crippen molar-refractivity contribution in [3.05, 3.63) is 65.2 Å². The normalized spacial score (nSPS) is 13.9. The lowest BCUT2D eigenvalue weighted by Crippen LogP contribution is -2.21. The molecular formula is C27H28ClN5OS. The van der Waals surface area contributed by atoms with E-state index in [1.807, 2.05) is 49.0 Å². The van der Waals surface area contributed by atoms with Crippen LogP contribution in [-0.4, -0.2) is 52.6 Å². The van der Waals surface area contributed by atoms with Gasteiger partial charge >= 0.3 is 0 Å². The SMILES string of the molecule is COc1ccc(Cl)c(-c2cc(C)c3nc(Nc4cccc(SCCN5CCCC5)c4)nnc3c2)c1. The van der Waals surface area contributed by atoms with E-state index in [1.165, 1.54) is 30.8 Å². The van der Waals surface area contributed by atoms with Gasteiger partial charge in [-0.15, -0.1) is 22.0 Å². The Hall–Kier alpha value is -2.87. The molecule has 5 rings (SSSR count). The number of hydrogen-bond donors (Lipinski definition) is 1. The first-order chi connectivity index (χ1) is 17.1. The summed E-state index contributed by atoms with van der Waals surface area (Å²) in [6, 6.07) is 18.0. The number of nitrogens with one attached hydrogen (secondary N) is 1. The van der Waals surface area contributed by atoms with Crippen LogP contribution in [0.2, 0.25) is 5.02 Å². The summed E-state index contributed by atoms with van der Waals surface area (Å²) in [5.74, 6) is 2.32. The van der Waals surface area contributed by atoms with Gasteiger partial charge < -0.3 is 15.0 Å². The molecule has 0 amide bonds. The van der Waals surface area contributed by atoms with Crippen LogP contribution < -0.4 is 10.1 Å². The quantitative estimate of drug-likeness (QED) is 0.271. The van der Waals surface area contributed by atoms with Crippen molar-refractivity contribution in [3.63, 3.8) is 0 Å². The molecule has 1 aromatic heterocycles. The summed E-state index contributed by atoms with van der Waals surface area (Å²) in [7, 11) is 1.64. The number of fused-ring (bicyclic) bond motifs is 1. The van der Waals surface area contributed by atoms with Crippen LogP contribution in [0.1, 0.15) is 18.4 Å². The van der Waals surface area contributed by atoms with Crippen LogP contribution in [0.4, 0.5) is 11.6 Å². The second-order valence-electron chi connectivity index (χ2n) is 8.69. The van der Waals surface area contributed by atoms with Gasteiger partial charge in [0.2, 0.25) is 5.95 Å². The first-order valence-electron chi connectivity index (χ1n) is 11.8. The Bertz CT molecular complexity index is 1340.